The van der Waals surface area contributed by atoms with Crippen LogP contribution in [0.15, 0.2) is 23.1 Å². The number of nitrogens with zero attached hydrogens (tertiary/aromatic N) is 1. The standard InChI is InChI=1S/C19H26N2O4S/c1-13-10-15-11-17(26(23,24)20-12-16-6-3-9-25-16)7-8-18(15)21(13)19(22)14-4-2-5-14/h7-8,11,13-14,16,20H,2-6,9-10,12H2,1H3/t13-,16+/m1/s1. The Morgan fingerprint density at radius 1 is 1.27 bits per heavy atom. The molecule has 3 aliphatic rings. The van der Waals surface area contributed by atoms with Gasteiger partial charge in [0.1, 0.15) is 0 Å². The number of benzene rings is 1. The molecule has 2 aliphatic heterocycles. The molecule has 1 saturated heterocycles. The molecule has 1 saturated carbocycles. The van der Waals surface area contributed by atoms with E-state index in [0.717, 1.165) is 43.4 Å². The molecule has 1 amide bonds. The SMILES string of the molecule is C[C@@H]1Cc2cc(S(=O)(=O)NC[C@@H]3CCCO3)ccc2N1C(=O)C1CCC1. The second-order valence-electron chi connectivity index (χ2n) is 7.67. The van der Waals surface area contributed by atoms with E-state index in [1.807, 2.05) is 11.8 Å². The third kappa shape index (κ3) is 3.28. The van der Waals surface area contributed by atoms with Crippen LogP contribution in [0.3, 0.4) is 0 Å². The molecule has 4 rings (SSSR count). The first kappa shape index (κ1) is 17.9. The van der Waals surface area contributed by atoms with Crippen molar-refractivity contribution in [1.29, 1.82) is 0 Å². The summed E-state index contributed by atoms with van der Waals surface area (Å²) in [7, 11) is -3.57. The van der Waals surface area contributed by atoms with E-state index in [1.54, 1.807) is 18.2 Å². The zero-order chi connectivity index (χ0) is 18.3. The van der Waals surface area contributed by atoms with Crippen LogP contribution in [0.2, 0.25) is 0 Å². The maximum absolute atomic E-state index is 12.7. The van der Waals surface area contributed by atoms with Crippen LogP contribution in [0, 0.1) is 5.92 Å². The van der Waals surface area contributed by atoms with Crippen LogP contribution < -0.4 is 9.62 Å². The second kappa shape index (κ2) is 6.94. The number of hydrogen-bond acceptors (Lipinski definition) is 4. The second-order valence-corrected chi connectivity index (χ2v) is 9.43. The Hall–Kier alpha value is -1.44. The Balaban J connectivity index is 1.51. The fourth-order valence-corrected chi connectivity index (χ4v) is 5.17. The zero-order valence-electron chi connectivity index (χ0n) is 15.1. The van der Waals surface area contributed by atoms with Gasteiger partial charge in [0.25, 0.3) is 0 Å². The summed E-state index contributed by atoms with van der Waals surface area (Å²) in [6.07, 6.45) is 5.60. The highest BCUT2D eigenvalue weighted by molar-refractivity contribution is 7.89. The summed E-state index contributed by atoms with van der Waals surface area (Å²) < 4.78 is 33.3. The highest BCUT2D eigenvalue weighted by Gasteiger charge is 2.37. The summed E-state index contributed by atoms with van der Waals surface area (Å²) in [5.74, 6) is 0.328. The van der Waals surface area contributed by atoms with E-state index in [1.165, 1.54) is 0 Å². The van der Waals surface area contributed by atoms with Gasteiger partial charge in [0.05, 0.1) is 11.0 Å². The minimum Gasteiger partial charge on any atom is -0.377 e. The molecule has 0 aromatic heterocycles. The average molecular weight is 378 g/mol. The number of amides is 1. The number of sulfonamides is 1. The highest BCUT2D eigenvalue weighted by Crippen LogP contribution is 2.38. The highest BCUT2D eigenvalue weighted by atomic mass is 32.2. The quantitative estimate of drug-likeness (QED) is 0.852. The Bertz CT molecular complexity index is 798. The molecule has 1 aromatic rings. The van der Waals surface area contributed by atoms with Crippen molar-refractivity contribution in [1.82, 2.24) is 4.72 Å². The first-order valence-electron chi connectivity index (χ1n) is 9.53. The lowest BCUT2D eigenvalue weighted by atomic mass is 9.84. The Kier molecular flexibility index (Phi) is 4.79. The summed E-state index contributed by atoms with van der Waals surface area (Å²) in [5, 5.41) is 0. The lowest BCUT2D eigenvalue weighted by Gasteiger charge is -2.32. The van der Waals surface area contributed by atoms with E-state index in [2.05, 4.69) is 4.72 Å². The predicted molar refractivity (Wildman–Crippen MR) is 98.6 cm³/mol. The number of carbonyl (C=O) groups is 1. The van der Waals surface area contributed by atoms with Crippen LogP contribution in [0.1, 0.15) is 44.6 Å². The van der Waals surface area contributed by atoms with Gasteiger partial charge in [0, 0.05) is 30.8 Å². The number of ether oxygens (including phenoxy) is 1. The maximum Gasteiger partial charge on any atom is 0.240 e. The van der Waals surface area contributed by atoms with Crippen molar-refractivity contribution in [3.8, 4) is 0 Å². The molecule has 2 fully saturated rings. The zero-order valence-corrected chi connectivity index (χ0v) is 15.9. The van der Waals surface area contributed by atoms with Crippen LogP contribution >= 0.6 is 0 Å². The summed E-state index contributed by atoms with van der Waals surface area (Å²) >= 11 is 0. The van der Waals surface area contributed by atoms with E-state index in [0.29, 0.717) is 19.6 Å². The molecule has 26 heavy (non-hydrogen) atoms. The number of nitrogens with one attached hydrogen (secondary N) is 1. The third-order valence-corrected chi connectivity index (χ3v) is 7.21. The summed E-state index contributed by atoms with van der Waals surface area (Å²) in [6, 6.07) is 5.19. The normalized spacial score (nSPS) is 26.0. The molecule has 0 spiro atoms. The van der Waals surface area contributed by atoms with Crippen molar-refractivity contribution >= 4 is 21.6 Å². The van der Waals surface area contributed by atoms with Gasteiger partial charge in [0.2, 0.25) is 15.9 Å². The van der Waals surface area contributed by atoms with Crippen molar-refractivity contribution < 1.29 is 17.9 Å². The largest absolute Gasteiger partial charge is 0.377 e. The van der Waals surface area contributed by atoms with Gasteiger partial charge in [-0.3, -0.25) is 4.79 Å². The van der Waals surface area contributed by atoms with E-state index in [-0.39, 0.29) is 28.9 Å². The van der Waals surface area contributed by atoms with Crippen molar-refractivity contribution in [3.63, 3.8) is 0 Å². The molecule has 1 aromatic carbocycles. The molecule has 0 bridgehead atoms. The van der Waals surface area contributed by atoms with Gasteiger partial charge in [-0.15, -0.1) is 0 Å². The Labute approximate surface area is 155 Å². The topological polar surface area (TPSA) is 75.7 Å². The Morgan fingerprint density at radius 3 is 2.73 bits per heavy atom. The van der Waals surface area contributed by atoms with Gasteiger partial charge in [-0.2, -0.15) is 0 Å². The van der Waals surface area contributed by atoms with Crippen molar-refractivity contribution in [2.24, 2.45) is 5.92 Å². The van der Waals surface area contributed by atoms with Crippen LogP contribution in [-0.2, 0) is 26.0 Å². The number of fused-ring (bicyclic) bond motifs is 1. The molecule has 2 heterocycles. The fourth-order valence-electron chi connectivity index (χ4n) is 4.05. The first-order valence-corrected chi connectivity index (χ1v) is 11.0. The van der Waals surface area contributed by atoms with Gasteiger partial charge in [0.15, 0.2) is 0 Å². The van der Waals surface area contributed by atoms with Gasteiger partial charge < -0.3 is 9.64 Å². The summed E-state index contributed by atoms with van der Waals surface area (Å²) in [4.78, 5) is 14.8. The lowest BCUT2D eigenvalue weighted by Crippen LogP contribution is -2.42. The van der Waals surface area contributed by atoms with Crippen molar-refractivity contribution in [3.05, 3.63) is 23.8 Å². The van der Waals surface area contributed by atoms with Crippen LogP contribution in [0.5, 0.6) is 0 Å². The molecule has 6 nitrogen and oxygen atoms in total. The van der Waals surface area contributed by atoms with E-state index < -0.39 is 10.0 Å². The molecule has 1 N–H and O–H groups in total. The molecule has 0 unspecified atom stereocenters. The monoisotopic (exact) mass is 378 g/mol. The smallest absolute Gasteiger partial charge is 0.240 e. The maximum atomic E-state index is 12.7. The first-order chi connectivity index (χ1) is 12.5. The molecule has 0 radical (unpaired) electrons. The number of rotatable bonds is 5. The molecular formula is C19H26N2O4S. The predicted octanol–water partition coefficient (Wildman–Crippen LogP) is 2.22. The van der Waals surface area contributed by atoms with Crippen LogP contribution in [0.25, 0.3) is 0 Å². The molecular weight excluding hydrogens is 352 g/mol. The van der Waals surface area contributed by atoms with E-state index >= 15 is 0 Å². The summed E-state index contributed by atoms with van der Waals surface area (Å²) in [6.45, 7) is 3.04. The number of hydrogen-bond donors (Lipinski definition) is 1. The summed E-state index contributed by atoms with van der Waals surface area (Å²) in [5.41, 5.74) is 1.80. The number of carbonyl (C=O) groups excluding carboxylic acids is 1. The molecule has 7 heteroatoms. The van der Waals surface area contributed by atoms with Crippen LogP contribution in [0.4, 0.5) is 5.69 Å². The van der Waals surface area contributed by atoms with Gasteiger partial charge in [-0.05, 0) is 62.8 Å². The van der Waals surface area contributed by atoms with Gasteiger partial charge in [-0.1, -0.05) is 6.42 Å². The van der Waals surface area contributed by atoms with Crippen LogP contribution in [-0.4, -0.2) is 39.6 Å². The average Bonchev–Trinajstić information content (AvgIpc) is 3.17. The van der Waals surface area contributed by atoms with E-state index in [9.17, 15) is 13.2 Å². The minimum absolute atomic E-state index is 0.0326. The molecule has 2 atom stereocenters. The number of anilines is 1. The van der Waals surface area contributed by atoms with Crippen molar-refractivity contribution in [2.45, 2.75) is 62.5 Å². The van der Waals surface area contributed by atoms with E-state index in [4.69, 9.17) is 4.74 Å². The fraction of sp³-hybridized carbons (Fsp3) is 0.632. The minimum atomic E-state index is -3.57. The van der Waals surface area contributed by atoms with Crippen molar-refractivity contribution in [2.75, 3.05) is 18.1 Å². The molecule has 142 valence electrons. The van der Waals surface area contributed by atoms with Gasteiger partial charge >= 0.3 is 0 Å². The lowest BCUT2D eigenvalue weighted by molar-refractivity contribution is -0.125. The third-order valence-electron chi connectivity index (χ3n) is 5.79. The van der Waals surface area contributed by atoms with Gasteiger partial charge in [-0.25, -0.2) is 13.1 Å². The molecule has 1 aliphatic carbocycles. The Morgan fingerprint density at radius 2 is 2.08 bits per heavy atom.